The normalized spacial score (nSPS) is 14.2. The first-order valence-corrected chi connectivity index (χ1v) is 11.6. The van der Waals surface area contributed by atoms with Crippen molar-refractivity contribution in [2.75, 3.05) is 6.61 Å². The molecule has 4 aromatic rings. The first-order chi connectivity index (χ1) is 14.6. The van der Waals surface area contributed by atoms with Crippen LogP contribution >= 0.6 is 11.3 Å². The van der Waals surface area contributed by atoms with Crippen molar-refractivity contribution in [3.8, 4) is 17.1 Å². The molecule has 0 amide bonds. The van der Waals surface area contributed by atoms with Gasteiger partial charge in [-0.15, -0.1) is 11.3 Å². The van der Waals surface area contributed by atoms with Crippen molar-refractivity contribution in [2.45, 2.75) is 46.0 Å². The molecule has 5 rings (SSSR count). The molecular formula is C25H26N2O2S. The number of rotatable bonds is 4. The third-order valence-corrected chi connectivity index (χ3v) is 6.97. The monoisotopic (exact) mass is 418 g/mol. The topological polar surface area (TPSA) is 55.0 Å². The van der Waals surface area contributed by atoms with Crippen LogP contribution in [-0.4, -0.2) is 16.6 Å². The van der Waals surface area contributed by atoms with E-state index in [1.165, 1.54) is 23.3 Å². The lowest BCUT2D eigenvalue weighted by molar-refractivity contribution is 0.274. The van der Waals surface area contributed by atoms with Gasteiger partial charge in [0.15, 0.2) is 0 Å². The molecule has 2 aromatic heterocycles. The highest BCUT2D eigenvalue weighted by molar-refractivity contribution is 7.18. The molecule has 30 heavy (non-hydrogen) atoms. The van der Waals surface area contributed by atoms with E-state index in [-0.39, 0.29) is 5.56 Å². The largest absolute Gasteiger partial charge is 0.493 e. The second-order valence-corrected chi connectivity index (χ2v) is 9.60. The van der Waals surface area contributed by atoms with Gasteiger partial charge in [0.05, 0.1) is 12.0 Å². The number of nitrogens with one attached hydrogen (secondary N) is 1. The summed E-state index contributed by atoms with van der Waals surface area (Å²) < 4.78 is 6.04. The fraction of sp³-hybridized carbons (Fsp3) is 0.360. The molecule has 1 aliphatic rings. The number of H-pyrrole nitrogens is 1. The molecule has 0 fully saturated rings. The number of ether oxygens (including phenoxy) is 1. The number of hydrogen-bond acceptors (Lipinski definition) is 4. The number of hydrogen-bond donors (Lipinski definition) is 1. The van der Waals surface area contributed by atoms with E-state index in [0.29, 0.717) is 18.3 Å². The van der Waals surface area contributed by atoms with Gasteiger partial charge < -0.3 is 9.72 Å². The molecule has 0 atom stereocenters. The van der Waals surface area contributed by atoms with E-state index in [9.17, 15) is 4.79 Å². The molecule has 1 aliphatic carbocycles. The molecule has 1 N–H and O–H groups in total. The third-order valence-electron chi connectivity index (χ3n) is 5.79. The molecule has 0 aliphatic heterocycles. The molecule has 154 valence electrons. The summed E-state index contributed by atoms with van der Waals surface area (Å²) in [6.45, 7) is 4.96. The lowest BCUT2D eigenvalue weighted by Gasteiger charge is -2.13. The Bertz CT molecular complexity index is 1290. The first kappa shape index (κ1) is 19.3. The van der Waals surface area contributed by atoms with Crippen LogP contribution in [-0.2, 0) is 12.8 Å². The molecular weight excluding hydrogens is 392 g/mol. The van der Waals surface area contributed by atoms with Crippen LogP contribution in [0.4, 0.5) is 0 Å². The minimum Gasteiger partial charge on any atom is -0.493 e. The smallest absolute Gasteiger partial charge is 0.260 e. The maximum Gasteiger partial charge on any atom is 0.260 e. The zero-order valence-corrected chi connectivity index (χ0v) is 18.3. The number of aromatic amines is 1. The van der Waals surface area contributed by atoms with E-state index in [4.69, 9.17) is 9.72 Å². The molecule has 0 bridgehead atoms. The van der Waals surface area contributed by atoms with Crippen molar-refractivity contribution in [2.24, 2.45) is 5.92 Å². The molecule has 4 nitrogen and oxygen atoms in total. The quantitative estimate of drug-likeness (QED) is 0.407. The molecule has 0 spiro atoms. The van der Waals surface area contributed by atoms with E-state index in [1.54, 1.807) is 11.3 Å². The van der Waals surface area contributed by atoms with Crippen LogP contribution in [0.25, 0.3) is 32.4 Å². The van der Waals surface area contributed by atoms with Gasteiger partial charge in [0.2, 0.25) is 0 Å². The van der Waals surface area contributed by atoms with Crippen molar-refractivity contribution < 1.29 is 4.74 Å². The van der Waals surface area contributed by atoms with E-state index in [1.807, 2.05) is 24.3 Å². The molecule has 2 aromatic carbocycles. The summed E-state index contributed by atoms with van der Waals surface area (Å²) in [5.41, 5.74) is 2.15. The molecule has 0 radical (unpaired) electrons. The molecule has 2 heterocycles. The lowest BCUT2D eigenvalue weighted by atomic mass is 10.0. The van der Waals surface area contributed by atoms with Gasteiger partial charge in [-0.1, -0.05) is 44.5 Å². The van der Waals surface area contributed by atoms with Crippen LogP contribution in [0.15, 0.2) is 41.2 Å². The highest BCUT2D eigenvalue weighted by Crippen LogP contribution is 2.36. The fourth-order valence-corrected chi connectivity index (χ4v) is 5.59. The Hall–Kier alpha value is -2.66. The number of benzene rings is 2. The summed E-state index contributed by atoms with van der Waals surface area (Å²) in [6.07, 6.45) is 5.65. The van der Waals surface area contributed by atoms with Gasteiger partial charge in [-0.2, -0.15) is 0 Å². The van der Waals surface area contributed by atoms with Crippen molar-refractivity contribution in [1.29, 1.82) is 0 Å². The zero-order chi connectivity index (χ0) is 20.7. The predicted octanol–water partition coefficient (Wildman–Crippen LogP) is 6.11. The van der Waals surface area contributed by atoms with Crippen LogP contribution < -0.4 is 10.3 Å². The molecule has 0 saturated heterocycles. The van der Waals surface area contributed by atoms with Crippen LogP contribution in [0, 0.1) is 5.92 Å². The van der Waals surface area contributed by atoms with Crippen molar-refractivity contribution in [3.05, 3.63) is 57.2 Å². The van der Waals surface area contributed by atoms with Crippen LogP contribution in [0.5, 0.6) is 5.75 Å². The SMILES string of the molecule is CC(C)COc1ccc(-c2nc3sc4c(c3c(=O)[nH]2)CCCCC4)c2ccccc12. The number of aryl methyl sites for hydroxylation is 2. The molecule has 0 unspecified atom stereocenters. The lowest BCUT2D eigenvalue weighted by Crippen LogP contribution is -2.10. The van der Waals surface area contributed by atoms with Gasteiger partial charge in [-0.3, -0.25) is 4.79 Å². The maximum absolute atomic E-state index is 13.1. The summed E-state index contributed by atoms with van der Waals surface area (Å²) in [5.74, 6) is 1.96. The third kappa shape index (κ3) is 3.41. The van der Waals surface area contributed by atoms with Gasteiger partial charge in [0, 0.05) is 15.8 Å². The fourth-order valence-electron chi connectivity index (χ4n) is 4.33. The Morgan fingerprint density at radius 3 is 2.70 bits per heavy atom. The average molecular weight is 419 g/mol. The van der Waals surface area contributed by atoms with E-state index in [2.05, 4.69) is 31.0 Å². The Morgan fingerprint density at radius 1 is 1.07 bits per heavy atom. The molecule has 5 heteroatoms. The predicted molar refractivity (Wildman–Crippen MR) is 125 cm³/mol. The Kier molecular flexibility index (Phi) is 5.07. The summed E-state index contributed by atoms with van der Waals surface area (Å²) in [5, 5.41) is 2.89. The second-order valence-electron chi connectivity index (χ2n) is 8.52. The minimum atomic E-state index is -0.0152. The van der Waals surface area contributed by atoms with Crippen molar-refractivity contribution in [3.63, 3.8) is 0 Å². The Labute approximate surface area is 179 Å². The van der Waals surface area contributed by atoms with Gasteiger partial charge in [-0.25, -0.2) is 4.98 Å². The summed E-state index contributed by atoms with van der Waals surface area (Å²) >= 11 is 1.70. The highest BCUT2D eigenvalue weighted by atomic mass is 32.1. The number of fused-ring (bicyclic) bond motifs is 4. The second kappa shape index (κ2) is 7.88. The summed E-state index contributed by atoms with van der Waals surface area (Å²) in [7, 11) is 0. The Balaban J connectivity index is 1.65. The van der Waals surface area contributed by atoms with Gasteiger partial charge in [0.1, 0.15) is 16.4 Å². The molecule has 0 saturated carbocycles. The maximum atomic E-state index is 13.1. The van der Waals surface area contributed by atoms with E-state index in [0.717, 1.165) is 51.6 Å². The average Bonchev–Trinajstić information content (AvgIpc) is 2.93. The first-order valence-electron chi connectivity index (χ1n) is 10.8. The minimum absolute atomic E-state index is 0.0152. The van der Waals surface area contributed by atoms with Crippen LogP contribution in [0.2, 0.25) is 0 Å². The highest BCUT2D eigenvalue weighted by Gasteiger charge is 2.20. The Morgan fingerprint density at radius 2 is 1.87 bits per heavy atom. The number of aromatic nitrogens is 2. The number of thiophene rings is 1. The van der Waals surface area contributed by atoms with Crippen LogP contribution in [0.1, 0.15) is 43.6 Å². The van der Waals surface area contributed by atoms with Gasteiger partial charge in [0.25, 0.3) is 5.56 Å². The van der Waals surface area contributed by atoms with Gasteiger partial charge >= 0.3 is 0 Å². The standard InChI is InChI=1S/C25H26N2O2S/c1-15(2)14-29-20-13-12-18(16-8-6-7-9-17(16)20)23-26-24(28)22-19-10-4-3-5-11-21(19)30-25(22)27-23/h6-9,12-13,15H,3-5,10-11,14H2,1-2H3,(H,26,27,28). The van der Waals surface area contributed by atoms with Gasteiger partial charge in [-0.05, 0) is 54.7 Å². The summed E-state index contributed by atoms with van der Waals surface area (Å²) in [6, 6.07) is 12.2. The van der Waals surface area contributed by atoms with Crippen molar-refractivity contribution >= 4 is 32.3 Å². The van der Waals surface area contributed by atoms with Crippen LogP contribution in [0.3, 0.4) is 0 Å². The number of nitrogens with zero attached hydrogens (tertiary/aromatic N) is 1. The van der Waals surface area contributed by atoms with Crippen molar-refractivity contribution in [1.82, 2.24) is 9.97 Å². The van der Waals surface area contributed by atoms with E-state index >= 15 is 0 Å². The van der Waals surface area contributed by atoms with E-state index < -0.39 is 0 Å². The zero-order valence-electron chi connectivity index (χ0n) is 17.5. The summed E-state index contributed by atoms with van der Waals surface area (Å²) in [4.78, 5) is 23.3.